The molecule has 0 spiro atoms. The van der Waals surface area contributed by atoms with Gasteiger partial charge in [-0.1, -0.05) is 24.3 Å². The smallest absolute Gasteiger partial charge is 0.292 e. The Kier molecular flexibility index (Phi) is 5.30. The van der Waals surface area contributed by atoms with Gasteiger partial charge in [0.2, 0.25) is 5.91 Å². The molecule has 3 rings (SSSR count). The molecule has 2 amide bonds. The summed E-state index contributed by atoms with van der Waals surface area (Å²) >= 11 is 0. The predicted molar refractivity (Wildman–Crippen MR) is 102 cm³/mol. The fraction of sp³-hybridized carbons (Fsp3) is 0.167. The highest BCUT2D eigenvalue weighted by Crippen LogP contribution is 2.32. The van der Waals surface area contributed by atoms with E-state index >= 15 is 0 Å². The molecule has 0 radical (unpaired) electrons. The van der Waals surface area contributed by atoms with Gasteiger partial charge in [0.15, 0.2) is 0 Å². The normalized spacial score (nSPS) is 18.4. The number of nitrogens with zero attached hydrogens (tertiary/aromatic N) is 3. The van der Waals surface area contributed by atoms with Crippen molar-refractivity contribution in [1.82, 2.24) is 5.43 Å². The SMILES string of the molecule is CC1=NNC(=O)C(C(=O)Nc2ccccc2[N+](=O)[O-])C1c1ccc([N+](=O)[O-])cc1. The number of benzene rings is 2. The van der Waals surface area contributed by atoms with Crippen LogP contribution in [0.25, 0.3) is 0 Å². The summed E-state index contributed by atoms with van der Waals surface area (Å²) < 4.78 is 0. The zero-order valence-electron chi connectivity index (χ0n) is 15.1. The first kappa shape index (κ1) is 19.6. The molecule has 1 aliphatic rings. The maximum absolute atomic E-state index is 12.9. The van der Waals surface area contributed by atoms with Gasteiger partial charge in [-0.05, 0) is 18.6 Å². The van der Waals surface area contributed by atoms with Gasteiger partial charge >= 0.3 is 0 Å². The number of hydrogen-bond acceptors (Lipinski definition) is 7. The fourth-order valence-corrected chi connectivity index (χ4v) is 3.13. The van der Waals surface area contributed by atoms with E-state index in [0.29, 0.717) is 11.3 Å². The molecule has 0 fully saturated rings. The number of amides is 2. The number of non-ortho nitro benzene ring substituents is 1. The Morgan fingerprint density at radius 3 is 2.34 bits per heavy atom. The summed E-state index contributed by atoms with van der Waals surface area (Å²) in [5.41, 5.74) is 2.67. The third-order valence-electron chi connectivity index (χ3n) is 4.51. The molecule has 1 aliphatic heterocycles. The molecule has 0 aliphatic carbocycles. The van der Waals surface area contributed by atoms with Gasteiger partial charge in [-0.15, -0.1) is 0 Å². The van der Waals surface area contributed by atoms with Gasteiger partial charge in [0, 0.05) is 29.8 Å². The van der Waals surface area contributed by atoms with Crippen LogP contribution >= 0.6 is 0 Å². The number of nitrogens with one attached hydrogen (secondary N) is 2. The molecule has 0 saturated heterocycles. The summed E-state index contributed by atoms with van der Waals surface area (Å²) in [6.07, 6.45) is 0. The van der Waals surface area contributed by atoms with Crippen LogP contribution in [0, 0.1) is 26.1 Å². The monoisotopic (exact) mass is 397 g/mol. The second kappa shape index (κ2) is 7.84. The van der Waals surface area contributed by atoms with Crippen LogP contribution in [-0.2, 0) is 9.59 Å². The maximum Gasteiger partial charge on any atom is 0.292 e. The Bertz CT molecular complexity index is 1030. The average molecular weight is 397 g/mol. The molecule has 11 heteroatoms. The summed E-state index contributed by atoms with van der Waals surface area (Å²) in [6, 6.07) is 11.0. The molecule has 2 aromatic rings. The number of hydrogen-bond donors (Lipinski definition) is 2. The summed E-state index contributed by atoms with van der Waals surface area (Å²) in [7, 11) is 0. The lowest BCUT2D eigenvalue weighted by Crippen LogP contribution is -2.46. The number of nitro benzene ring substituents is 2. The van der Waals surface area contributed by atoms with E-state index in [0.717, 1.165) is 0 Å². The molecule has 148 valence electrons. The summed E-state index contributed by atoms with van der Waals surface area (Å²) in [5.74, 6) is -3.49. The first-order chi connectivity index (χ1) is 13.8. The Labute approximate surface area is 163 Å². The molecular weight excluding hydrogens is 382 g/mol. The van der Waals surface area contributed by atoms with Gasteiger partial charge in [0.05, 0.1) is 9.85 Å². The summed E-state index contributed by atoms with van der Waals surface area (Å²) in [6.45, 7) is 1.61. The third-order valence-corrected chi connectivity index (χ3v) is 4.51. The van der Waals surface area contributed by atoms with Gasteiger partial charge in [-0.25, -0.2) is 5.43 Å². The number of anilines is 1. The van der Waals surface area contributed by atoms with E-state index in [1.54, 1.807) is 6.92 Å². The van der Waals surface area contributed by atoms with Crippen LogP contribution in [0.2, 0.25) is 0 Å². The molecular formula is C18H15N5O6. The quantitative estimate of drug-likeness (QED) is 0.448. The highest BCUT2D eigenvalue weighted by atomic mass is 16.6. The molecule has 29 heavy (non-hydrogen) atoms. The first-order valence-corrected chi connectivity index (χ1v) is 8.42. The third kappa shape index (κ3) is 3.93. The number of carbonyl (C=O) groups is 2. The number of rotatable bonds is 5. The van der Waals surface area contributed by atoms with E-state index in [9.17, 15) is 29.8 Å². The molecule has 11 nitrogen and oxygen atoms in total. The van der Waals surface area contributed by atoms with Crippen LogP contribution in [0.3, 0.4) is 0 Å². The molecule has 0 saturated carbocycles. The van der Waals surface area contributed by atoms with Crippen molar-refractivity contribution in [2.75, 3.05) is 5.32 Å². The second-order valence-electron chi connectivity index (χ2n) is 6.30. The largest absolute Gasteiger partial charge is 0.320 e. The summed E-state index contributed by atoms with van der Waals surface area (Å²) in [4.78, 5) is 46.2. The van der Waals surface area contributed by atoms with Crippen molar-refractivity contribution in [2.24, 2.45) is 11.0 Å². The van der Waals surface area contributed by atoms with Crippen LogP contribution in [0.15, 0.2) is 53.6 Å². The van der Waals surface area contributed by atoms with Crippen molar-refractivity contribution in [1.29, 1.82) is 0 Å². The zero-order chi connectivity index (χ0) is 21.1. The van der Waals surface area contributed by atoms with Crippen LogP contribution in [0.5, 0.6) is 0 Å². The first-order valence-electron chi connectivity index (χ1n) is 8.42. The molecule has 2 atom stereocenters. The Morgan fingerprint density at radius 2 is 1.72 bits per heavy atom. The Hall–Kier alpha value is -4.15. The van der Waals surface area contributed by atoms with Crippen LogP contribution in [0.1, 0.15) is 18.4 Å². The van der Waals surface area contributed by atoms with Gasteiger partial charge in [-0.2, -0.15) is 5.10 Å². The van der Waals surface area contributed by atoms with Crippen molar-refractivity contribution in [3.05, 3.63) is 74.3 Å². The topological polar surface area (TPSA) is 157 Å². The second-order valence-corrected chi connectivity index (χ2v) is 6.30. The zero-order valence-corrected chi connectivity index (χ0v) is 15.1. The van der Waals surface area contributed by atoms with Crippen molar-refractivity contribution in [3.63, 3.8) is 0 Å². The maximum atomic E-state index is 12.9. The molecule has 0 aromatic heterocycles. The van der Waals surface area contributed by atoms with Gasteiger partial charge in [0.1, 0.15) is 11.6 Å². The van der Waals surface area contributed by atoms with E-state index < -0.39 is 33.5 Å². The van der Waals surface area contributed by atoms with E-state index in [2.05, 4.69) is 15.8 Å². The van der Waals surface area contributed by atoms with Crippen molar-refractivity contribution in [2.45, 2.75) is 12.8 Å². The minimum Gasteiger partial charge on any atom is -0.320 e. The lowest BCUT2D eigenvalue weighted by molar-refractivity contribution is -0.384. The van der Waals surface area contributed by atoms with E-state index in [1.807, 2.05) is 0 Å². The number of carbonyl (C=O) groups excluding carboxylic acids is 2. The molecule has 2 unspecified atom stereocenters. The van der Waals surface area contributed by atoms with Crippen molar-refractivity contribution < 1.29 is 19.4 Å². The number of hydrazone groups is 1. The Morgan fingerprint density at radius 1 is 1.07 bits per heavy atom. The van der Waals surface area contributed by atoms with Crippen LogP contribution in [0.4, 0.5) is 17.1 Å². The molecule has 2 N–H and O–H groups in total. The standard InChI is InChI=1S/C18H15N5O6/c1-10-15(11-6-8-12(9-7-11)22(26)27)16(18(25)21-20-10)17(24)19-13-4-2-3-5-14(13)23(28)29/h2-9,15-16H,1H3,(H,19,24)(H,21,25). The van der Waals surface area contributed by atoms with Crippen molar-refractivity contribution in [3.8, 4) is 0 Å². The molecule has 2 aromatic carbocycles. The van der Waals surface area contributed by atoms with Gasteiger partial charge < -0.3 is 5.32 Å². The molecule has 0 bridgehead atoms. The van der Waals surface area contributed by atoms with E-state index in [1.165, 1.54) is 48.5 Å². The van der Waals surface area contributed by atoms with Crippen molar-refractivity contribution >= 4 is 34.6 Å². The van der Waals surface area contributed by atoms with E-state index in [-0.39, 0.29) is 17.1 Å². The van der Waals surface area contributed by atoms with E-state index in [4.69, 9.17) is 0 Å². The minimum atomic E-state index is -1.27. The highest BCUT2D eigenvalue weighted by molar-refractivity contribution is 6.13. The minimum absolute atomic E-state index is 0.0436. The average Bonchev–Trinajstić information content (AvgIpc) is 2.69. The predicted octanol–water partition coefficient (Wildman–Crippen LogP) is 2.35. The summed E-state index contributed by atoms with van der Waals surface area (Å²) in [5, 5.41) is 28.4. The van der Waals surface area contributed by atoms with Crippen LogP contribution in [-0.4, -0.2) is 27.4 Å². The molecule has 1 heterocycles. The number of para-hydroxylation sites is 2. The van der Waals surface area contributed by atoms with Gasteiger partial charge in [0.25, 0.3) is 17.3 Å². The highest BCUT2D eigenvalue weighted by Gasteiger charge is 2.41. The number of nitro groups is 2. The lowest BCUT2D eigenvalue weighted by atomic mass is 9.80. The lowest BCUT2D eigenvalue weighted by Gasteiger charge is -2.28. The van der Waals surface area contributed by atoms with Crippen LogP contribution < -0.4 is 10.7 Å². The fourth-order valence-electron chi connectivity index (χ4n) is 3.13. The Balaban J connectivity index is 1.95. The van der Waals surface area contributed by atoms with Gasteiger partial charge in [-0.3, -0.25) is 29.8 Å².